The zero-order valence-corrected chi connectivity index (χ0v) is 72.7. The number of rotatable bonds is 24. The van der Waals surface area contributed by atoms with E-state index >= 15 is 0 Å². The molecule has 0 radical (unpaired) electrons. The standard InChI is InChI=1S/C28H26N2O6.C26H30N2O3.C23H25FN2O3.C22H23N3O5.CO2/c1-19(31)36-25-13-7-22(8-14-25)27(33)30-18-17-29(16-15-20-3-9-23(32)10-4-20)28(34)26(30)21-5-11-24(35-2)12-6-21;1-19-7-11-22(12-8-19)25(30)28-18-17-27(16-15-20-9-13-23(29)14-10-20)26(31)24(28)21-5-3-2-4-6-21;1-16(2)22-23(29)25(12-11-17-5-9-20(27)10-6-17)13-14-26(22)21(28)15-18-3-7-19(24)8-4-18;1-15(2)20-22(28)23(11-10-16-6-8-19(26)9-7-16)12-13-24(20)21(27)17-4-3-5-18(14-17)25(29)30;2-1-3/h3-14,17-18,26,32H,15-16H2,1-2H3;7-14,17-18,21,24,29H,2-6,15-16H2,1H3;3-10,13-14,16,22,27H,11-12,15H2,1-2H3;3-9,12-15,20,26H,10-11H2,1-2H3;. The highest BCUT2D eigenvalue weighted by Crippen LogP contribution is 2.36. The molecule has 1 fully saturated rings. The van der Waals surface area contributed by atoms with Crippen LogP contribution in [0.15, 0.2) is 268 Å². The van der Waals surface area contributed by atoms with Crippen LogP contribution in [-0.2, 0) is 70.5 Å². The zero-order valence-electron chi connectivity index (χ0n) is 72.7. The van der Waals surface area contributed by atoms with E-state index in [1.54, 1.807) is 190 Å². The number of nitrogens with zero attached hydrogens (tertiary/aromatic N) is 9. The fourth-order valence-corrected chi connectivity index (χ4v) is 15.4. The predicted molar refractivity (Wildman–Crippen MR) is 476 cm³/mol. The van der Waals surface area contributed by atoms with Crippen molar-refractivity contribution < 1.29 is 92.0 Å². The van der Waals surface area contributed by atoms with E-state index in [1.165, 1.54) is 76.6 Å². The van der Waals surface area contributed by atoms with Crippen LogP contribution in [-0.4, -0.2) is 175 Å². The Morgan fingerprint density at radius 1 is 0.457 bits per heavy atom. The van der Waals surface area contributed by atoms with Gasteiger partial charge in [0, 0.05) is 112 Å². The van der Waals surface area contributed by atoms with Crippen molar-refractivity contribution in [2.45, 2.75) is 130 Å². The van der Waals surface area contributed by atoms with Gasteiger partial charge in [0.1, 0.15) is 64.5 Å². The first-order valence-corrected chi connectivity index (χ1v) is 42.3. The smallest absolute Gasteiger partial charge is 0.373 e. The van der Waals surface area contributed by atoms with E-state index in [1.807, 2.05) is 95.3 Å². The highest BCUT2D eigenvalue weighted by molar-refractivity contribution is 6.02. The molecule has 1 saturated carbocycles. The fraction of sp³-hybridized carbons (Fsp3) is 0.280. The molecule has 28 nitrogen and oxygen atoms in total. The summed E-state index contributed by atoms with van der Waals surface area (Å²) in [7, 11) is 1.56. The molecule has 0 bridgehead atoms. The average molecular weight is 1750 g/mol. The summed E-state index contributed by atoms with van der Waals surface area (Å²) in [5.41, 5.74) is 7.42. The molecular formula is C100H104FN9O19. The summed E-state index contributed by atoms with van der Waals surface area (Å²) in [6.45, 7) is 12.7. The number of carbonyl (C=O) groups is 9. The molecule has 9 aromatic carbocycles. The molecule has 4 aliphatic heterocycles. The van der Waals surface area contributed by atoms with Gasteiger partial charge in [-0.1, -0.05) is 144 Å². The molecule has 4 atom stereocenters. The largest absolute Gasteiger partial charge is 0.508 e. The Morgan fingerprint density at radius 3 is 1.27 bits per heavy atom. The van der Waals surface area contributed by atoms with E-state index in [0.29, 0.717) is 85.6 Å². The van der Waals surface area contributed by atoms with Crippen molar-refractivity contribution in [2.24, 2.45) is 17.8 Å². The lowest BCUT2D eigenvalue weighted by Crippen LogP contribution is -2.54. The van der Waals surface area contributed by atoms with E-state index in [4.69, 9.17) is 19.1 Å². The molecule has 14 rings (SSSR count). The number of aryl methyl sites for hydroxylation is 1. The van der Waals surface area contributed by atoms with Crippen LogP contribution in [0.1, 0.15) is 143 Å². The second-order valence-corrected chi connectivity index (χ2v) is 32.0. The Bertz CT molecular complexity index is 5540. The highest BCUT2D eigenvalue weighted by Gasteiger charge is 2.43. The van der Waals surface area contributed by atoms with Crippen molar-refractivity contribution in [3.63, 3.8) is 0 Å². The molecule has 4 heterocycles. The van der Waals surface area contributed by atoms with Gasteiger partial charge in [-0.3, -0.25) is 58.2 Å². The molecule has 5 aliphatic rings. The van der Waals surface area contributed by atoms with Crippen LogP contribution in [0.25, 0.3) is 0 Å². The molecule has 8 amide bonds. The molecule has 1 aliphatic carbocycles. The summed E-state index contributed by atoms with van der Waals surface area (Å²) in [6.07, 6.45) is 21.4. The summed E-state index contributed by atoms with van der Waals surface area (Å²) in [4.78, 5) is 156. The lowest BCUT2D eigenvalue weighted by molar-refractivity contribution is -0.384. The lowest BCUT2D eigenvalue weighted by atomic mass is 9.82. The molecule has 670 valence electrons. The number of esters is 1. The number of methoxy groups -OCH3 is 1. The number of phenols is 4. The topological polar surface area (TPSA) is 356 Å². The maximum absolute atomic E-state index is 13.6. The fourth-order valence-electron chi connectivity index (χ4n) is 15.4. The van der Waals surface area contributed by atoms with Crippen LogP contribution in [0.3, 0.4) is 0 Å². The number of non-ortho nitro benzene ring substituents is 1. The van der Waals surface area contributed by atoms with Crippen LogP contribution in [0.5, 0.6) is 34.5 Å². The van der Waals surface area contributed by atoms with Crippen molar-refractivity contribution in [1.29, 1.82) is 0 Å². The lowest BCUT2D eigenvalue weighted by Gasteiger charge is -2.41. The minimum atomic E-state index is -0.874. The zero-order chi connectivity index (χ0) is 93.0. The number of nitro groups is 1. The van der Waals surface area contributed by atoms with Crippen molar-refractivity contribution >= 4 is 65.1 Å². The molecule has 0 spiro atoms. The van der Waals surface area contributed by atoms with Gasteiger partial charge in [0.25, 0.3) is 29.3 Å². The third-order valence-electron chi connectivity index (χ3n) is 22.3. The molecular weight excluding hydrogens is 1650 g/mol. The average Bonchev–Trinajstić information content (AvgIpc) is 0.795. The summed E-state index contributed by atoms with van der Waals surface area (Å²) in [6, 6.07) is 57.0. The maximum Gasteiger partial charge on any atom is 0.373 e. The Hall–Kier alpha value is -15.1. The summed E-state index contributed by atoms with van der Waals surface area (Å²) >= 11 is 0. The minimum absolute atomic E-state index is 0.00800. The predicted octanol–water partition coefficient (Wildman–Crippen LogP) is 14.9. The Morgan fingerprint density at radius 2 is 0.837 bits per heavy atom. The second kappa shape index (κ2) is 46.2. The third-order valence-corrected chi connectivity index (χ3v) is 22.3. The third kappa shape index (κ3) is 26.5. The van der Waals surface area contributed by atoms with Crippen LogP contribution < -0.4 is 9.47 Å². The van der Waals surface area contributed by atoms with Crippen LogP contribution >= 0.6 is 0 Å². The molecule has 9 aromatic rings. The molecule has 129 heavy (non-hydrogen) atoms. The van der Waals surface area contributed by atoms with E-state index < -0.39 is 41.0 Å². The second-order valence-electron chi connectivity index (χ2n) is 32.0. The first-order chi connectivity index (χ1) is 61.9. The number of phenolic OH excluding ortho intramolecular Hbond substituents is 4. The number of nitro benzene ring substituents is 1. The first-order valence-electron chi connectivity index (χ1n) is 42.3. The first kappa shape index (κ1) is 96.1. The summed E-state index contributed by atoms with van der Waals surface area (Å²) in [5, 5.41) is 48.8. The number of hydrogen-bond acceptors (Lipinski definition) is 19. The van der Waals surface area contributed by atoms with Gasteiger partial charge >= 0.3 is 12.1 Å². The van der Waals surface area contributed by atoms with Crippen LogP contribution in [0.4, 0.5) is 10.1 Å². The van der Waals surface area contributed by atoms with Gasteiger partial charge in [-0.25, -0.2) is 4.39 Å². The number of aromatic hydroxyl groups is 4. The summed E-state index contributed by atoms with van der Waals surface area (Å²) in [5.74, 6) is -0.730. The van der Waals surface area contributed by atoms with Crippen molar-refractivity contribution in [3.8, 4) is 34.5 Å². The van der Waals surface area contributed by atoms with Crippen molar-refractivity contribution in [3.05, 3.63) is 340 Å². The van der Waals surface area contributed by atoms with Crippen LogP contribution in [0, 0.1) is 40.6 Å². The summed E-state index contributed by atoms with van der Waals surface area (Å²) < 4.78 is 23.4. The molecule has 4 N–H and O–H groups in total. The van der Waals surface area contributed by atoms with Crippen molar-refractivity contribution in [1.82, 2.24) is 39.2 Å². The van der Waals surface area contributed by atoms with Gasteiger partial charge in [-0.2, -0.15) is 9.59 Å². The Balaban J connectivity index is 0.000000178. The van der Waals surface area contributed by atoms with Crippen LogP contribution in [0.2, 0.25) is 0 Å². The number of carbonyl (C=O) groups excluding carboxylic acids is 11. The van der Waals surface area contributed by atoms with Gasteiger partial charge < -0.3 is 64.2 Å². The number of benzene rings is 9. The number of halogens is 1. The minimum Gasteiger partial charge on any atom is -0.508 e. The van der Waals surface area contributed by atoms with Crippen molar-refractivity contribution in [2.75, 3.05) is 33.3 Å². The Kier molecular flexibility index (Phi) is 34.4. The Labute approximate surface area is 747 Å². The molecule has 0 aromatic heterocycles. The van der Waals surface area contributed by atoms with Gasteiger partial charge in [-0.15, -0.1) is 0 Å². The van der Waals surface area contributed by atoms with Gasteiger partial charge in [0.05, 0.1) is 18.5 Å². The maximum atomic E-state index is 13.6. The SMILES string of the molecule is CC(C)C1C(=O)N(CCc2ccc(O)cc2)C=CN1C(=O)Cc1ccc(F)cc1.CC(C)C1C(=O)N(CCc2ccc(O)cc2)C=CN1C(=O)c1cccc([N+](=O)[O-])c1.COc1ccc(C2C(=O)N(CCc3ccc(O)cc3)C=CN2C(=O)c2ccc(OC(C)=O)cc2)cc1.Cc1ccc(C(=O)N2C=CN(CCc3ccc(O)cc3)C(=O)C2C2CCCCC2)cc1.O=C=O. The molecule has 0 saturated heterocycles. The van der Waals surface area contributed by atoms with E-state index in [2.05, 4.69) is 0 Å². The monoisotopic (exact) mass is 1750 g/mol. The van der Waals surface area contributed by atoms with Gasteiger partial charge in [0.2, 0.25) is 23.6 Å². The normalized spacial score (nSPS) is 16.5. The molecule has 4 unspecified atom stereocenters. The van der Waals surface area contributed by atoms with Gasteiger partial charge in [0.15, 0.2) is 0 Å². The number of amides is 8. The molecule has 29 heteroatoms. The number of hydrogen-bond donors (Lipinski definition) is 4. The van der Waals surface area contributed by atoms with E-state index in [0.717, 1.165) is 53.5 Å². The van der Waals surface area contributed by atoms with Gasteiger partial charge in [-0.05, 0) is 212 Å². The number of ether oxygens (including phenoxy) is 2. The quantitative estimate of drug-likeness (QED) is 0.0189. The van der Waals surface area contributed by atoms with E-state index in [9.17, 15) is 78.1 Å². The highest BCUT2D eigenvalue weighted by atomic mass is 19.1. The van der Waals surface area contributed by atoms with E-state index in [-0.39, 0.29) is 112 Å².